The molecule has 0 aromatic heterocycles. The van der Waals surface area contributed by atoms with Crippen molar-refractivity contribution in [3.63, 3.8) is 0 Å². The van der Waals surface area contributed by atoms with Crippen molar-refractivity contribution in [1.29, 1.82) is 0 Å². The topological polar surface area (TPSA) is 29.1 Å². The van der Waals surface area contributed by atoms with Crippen LogP contribution in [0.5, 0.6) is 0 Å². The lowest BCUT2D eigenvalue weighted by Crippen LogP contribution is -2.12. The Hall–Kier alpha value is -0.850. The first-order chi connectivity index (χ1) is 3.91. The summed E-state index contributed by atoms with van der Waals surface area (Å²) in [6, 6.07) is 0. The van der Waals surface area contributed by atoms with Crippen molar-refractivity contribution >= 4 is 5.94 Å². The molecule has 0 bridgehead atoms. The third-order valence-corrected chi connectivity index (χ3v) is 0.618. The van der Waals surface area contributed by atoms with E-state index in [9.17, 15) is 4.79 Å². The van der Waals surface area contributed by atoms with E-state index in [1.807, 2.05) is 0 Å². The van der Waals surface area contributed by atoms with Crippen LogP contribution in [0.3, 0.4) is 0 Å². The van der Waals surface area contributed by atoms with Gasteiger partial charge in [0.05, 0.1) is 0 Å². The summed E-state index contributed by atoms with van der Waals surface area (Å²) in [4.78, 5) is 9.52. The highest BCUT2D eigenvalue weighted by atomic mass is 16.1. The van der Waals surface area contributed by atoms with Crippen LogP contribution in [0.1, 0.15) is 0 Å². The van der Waals surface area contributed by atoms with Crippen molar-refractivity contribution in [3.8, 4) is 0 Å². The van der Waals surface area contributed by atoms with Gasteiger partial charge in [0.1, 0.15) is 5.94 Å². The van der Waals surface area contributed by atoms with Crippen molar-refractivity contribution in [2.45, 2.75) is 0 Å². The monoisotopic (exact) mass is 111 g/mol. The Kier molecular flexibility index (Phi) is 5.50. The highest BCUT2D eigenvalue weighted by Gasteiger charge is 1.72. The number of hydrogen-bond donors (Lipinski definition) is 1. The van der Waals surface area contributed by atoms with Gasteiger partial charge in [0.2, 0.25) is 0 Å². The Morgan fingerprint density at radius 1 is 1.62 bits per heavy atom. The zero-order valence-corrected chi connectivity index (χ0v) is 4.68. The molecule has 2 heteroatoms. The highest BCUT2D eigenvalue weighted by Crippen LogP contribution is 1.59. The first-order valence-corrected chi connectivity index (χ1v) is 2.42. The second-order valence-corrected chi connectivity index (χ2v) is 1.27. The van der Waals surface area contributed by atoms with Crippen LogP contribution in [0, 0.1) is 0 Å². The van der Waals surface area contributed by atoms with E-state index in [-0.39, 0.29) is 0 Å². The third kappa shape index (κ3) is 5.15. The minimum Gasteiger partial charge on any atom is -0.309 e. The van der Waals surface area contributed by atoms with Crippen LogP contribution in [0.4, 0.5) is 0 Å². The van der Waals surface area contributed by atoms with Gasteiger partial charge in [-0.25, -0.2) is 4.79 Å². The summed E-state index contributed by atoms with van der Waals surface area (Å²) in [5.41, 5.74) is 0. The van der Waals surface area contributed by atoms with Crippen LogP contribution in [0.25, 0.3) is 0 Å². The molecule has 0 aromatic carbocycles. The summed E-state index contributed by atoms with van der Waals surface area (Å²) in [5, 5.41) is 2.90. The lowest BCUT2D eigenvalue weighted by atomic mass is 10.5. The maximum absolute atomic E-state index is 9.52. The molecule has 0 atom stereocenters. The molecular formula is C6H9NO. The van der Waals surface area contributed by atoms with E-state index < -0.39 is 0 Å². The van der Waals surface area contributed by atoms with E-state index in [4.69, 9.17) is 0 Å². The van der Waals surface area contributed by atoms with Crippen molar-refractivity contribution < 1.29 is 4.79 Å². The minimum absolute atomic E-state index is 0.579. The third-order valence-electron chi connectivity index (χ3n) is 0.618. The van der Waals surface area contributed by atoms with Crippen molar-refractivity contribution in [2.24, 2.45) is 0 Å². The van der Waals surface area contributed by atoms with Gasteiger partial charge in [0.25, 0.3) is 0 Å². The summed E-state index contributed by atoms with van der Waals surface area (Å²) in [5.74, 6) is 1.65. The number of nitrogens with one attached hydrogen (secondary N) is 1. The second-order valence-electron chi connectivity index (χ2n) is 1.27. The number of carbonyl (C=O) groups excluding carboxylic acids is 1. The molecule has 0 aliphatic heterocycles. The fourth-order valence-electron chi connectivity index (χ4n) is 0.299. The van der Waals surface area contributed by atoms with Crippen LogP contribution in [0.15, 0.2) is 18.7 Å². The van der Waals surface area contributed by atoms with E-state index >= 15 is 0 Å². The van der Waals surface area contributed by atoms with Gasteiger partial charge in [0, 0.05) is 19.2 Å². The molecule has 0 aromatic rings. The predicted molar refractivity (Wildman–Crippen MR) is 33.3 cm³/mol. The van der Waals surface area contributed by atoms with Gasteiger partial charge in [-0.15, -0.1) is 6.58 Å². The smallest absolute Gasteiger partial charge is 0.121 e. The van der Waals surface area contributed by atoms with E-state index in [1.165, 1.54) is 6.08 Å². The summed E-state index contributed by atoms with van der Waals surface area (Å²) in [7, 11) is 0. The molecule has 44 valence electrons. The molecule has 0 spiro atoms. The fourth-order valence-corrected chi connectivity index (χ4v) is 0.299. The van der Waals surface area contributed by atoms with Gasteiger partial charge in [-0.2, -0.15) is 0 Å². The molecule has 0 fully saturated rings. The quantitative estimate of drug-likeness (QED) is 0.318. The van der Waals surface area contributed by atoms with Crippen molar-refractivity contribution in [1.82, 2.24) is 5.32 Å². The first-order valence-electron chi connectivity index (χ1n) is 2.42. The van der Waals surface area contributed by atoms with Gasteiger partial charge < -0.3 is 5.32 Å². The molecule has 0 heterocycles. The maximum atomic E-state index is 9.52. The Bertz CT molecular complexity index is 103. The van der Waals surface area contributed by atoms with E-state index in [0.29, 0.717) is 6.54 Å². The molecule has 1 N–H and O–H groups in total. The van der Waals surface area contributed by atoms with Crippen LogP contribution in [-0.4, -0.2) is 19.0 Å². The van der Waals surface area contributed by atoms with Gasteiger partial charge >= 0.3 is 0 Å². The van der Waals surface area contributed by atoms with Crippen LogP contribution >= 0.6 is 0 Å². The standard InChI is InChI=1S/C6H9NO/c1-2-4-7-5-3-6-8/h2-3,7H,1,4-5H2. The lowest BCUT2D eigenvalue weighted by Gasteiger charge is -1.89. The van der Waals surface area contributed by atoms with Gasteiger partial charge in [-0.3, -0.25) is 0 Å². The van der Waals surface area contributed by atoms with E-state index in [1.54, 1.807) is 12.0 Å². The Labute approximate surface area is 48.9 Å². The molecule has 0 unspecified atom stereocenters. The zero-order valence-electron chi connectivity index (χ0n) is 4.68. The number of rotatable bonds is 4. The van der Waals surface area contributed by atoms with Crippen LogP contribution < -0.4 is 5.32 Å². The molecule has 0 amide bonds. The molecule has 0 saturated heterocycles. The Morgan fingerprint density at radius 3 is 2.88 bits per heavy atom. The average molecular weight is 111 g/mol. The lowest BCUT2D eigenvalue weighted by molar-refractivity contribution is 0.568. The molecule has 8 heavy (non-hydrogen) atoms. The molecule has 0 aliphatic rings. The molecule has 2 nitrogen and oxygen atoms in total. The van der Waals surface area contributed by atoms with Crippen molar-refractivity contribution in [3.05, 3.63) is 18.7 Å². The minimum atomic E-state index is 0.579. The average Bonchev–Trinajstić information content (AvgIpc) is 1.81. The maximum Gasteiger partial charge on any atom is 0.121 e. The summed E-state index contributed by atoms with van der Waals surface area (Å²) in [6.45, 7) is 4.80. The second kappa shape index (κ2) is 6.15. The highest BCUT2D eigenvalue weighted by molar-refractivity contribution is 5.45. The van der Waals surface area contributed by atoms with Crippen LogP contribution in [0.2, 0.25) is 0 Å². The van der Waals surface area contributed by atoms with Gasteiger partial charge in [-0.05, 0) is 0 Å². The zero-order chi connectivity index (χ0) is 6.24. The van der Waals surface area contributed by atoms with Gasteiger partial charge in [-0.1, -0.05) is 6.08 Å². The molecule has 0 saturated carbocycles. The van der Waals surface area contributed by atoms with Crippen molar-refractivity contribution in [2.75, 3.05) is 13.1 Å². The Balaban J connectivity index is 2.93. The summed E-state index contributed by atoms with van der Waals surface area (Å²) < 4.78 is 0. The normalized spacial score (nSPS) is 7.50. The summed E-state index contributed by atoms with van der Waals surface area (Å²) in [6.07, 6.45) is 3.13. The fraction of sp³-hybridized carbons (Fsp3) is 0.333. The molecule has 0 aliphatic carbocycles. The SMILES string of the molecule is C=CCNCC=C=O. The molecule has 0 rings (SSSR count). The van der Waals surface area contributed by atoms with Crippen LogP contribution in [-0.2, 0) is 4.79 Å². The largest absolute Gasteiger partial charge is 0.309 e. The van der Waals surface area contributed by atoms with E-state index in [2.05, 4.69) is 11.9 Å². The summed E-state index contributed by atoms with van der Waals surface area (Å²) >= 11 is 0. The molecule has 0 radical (unpaired) electrons. The Morgan fingerprint density at radius 2 is 2.38 bits per heavy atom. The van der Waals surface area contributed by atoms with Gasteiger partial charge in [0.15, 0.2) is 0 Å². The molecular weight excluding hydrogens is 102 g/mol. The number of hydrogen-bond acceptors (Lipinski definition) is 2. The predicted octanol–water partition coefficient (Wildman–Crippen LogP) is 0.150. The van der Waals surface area contributed by atoms with E-state index in [0.717, 1.165) is 6.54 Å². The first kappa shape index (κ1) is 7.15.